The van der Waals surface area contributed by atoms with E-state index in [1.165, 1.54) is 6.07 Å². The molecule has 0 aliphatic carbocycles. The van der Waals surface area contributed by atoms with Gasteiger partial charge >= 0.3 is 0 Å². The van der Waals surface area contributed by atoms with Crippen LogP contribution in [0.1, 0.15) is 24.2 Å². The smallest absolute Gasteiger partial charge is 0.246 e. The fraction of sp³-hybridized carbons (Fsp3) is 0.304. The van der Waals surface area contributed by atoms with E-state index in [1.54, 1.807) is 36.0 Å². The van der Waals surface area contributed by atoms with E-state index in [9.17, 15) is 26.4 Å². The van der Waals surface area contributed by atoms with E-state index in [1.807, 2.05) is 0 Å². The largest absolute Gasteiger partial charge is 0.352 e. The fourth-order valence-corrected chi connectivity index (χ4v) is 5.54. The van der Waals surface area contributed by atoms with E-state index >= 15 is 0 Å². The summed E-state index contributed by atoms with van der Waals surface area (Å²) < 4.78 is 70.0. The molecule has 180 valence electrons. The molecule has 1 aromatic heterocycles. The maximum absolute atomic E-state index is 14.5. The van der Waals surface area contributed by atoms with Gasteiger partial charge in [0.25, 0.3) is 0 Å². The van der Waals surface area contributed by atoms with Crippen LogP contribution in [0.25, 0.3) is 5.69 Å². The summed E-state index contributed by atoms with van der Waals surface area (Å²) >= 11 is 0. The van der Waals surface area contributed by atoms with Crippen molar-refractivity contribution in [3.63, 3.8) is 0 Å². The Kier molecular flexibility index (Phi) is 6.76. The first kappa shape index (κ1) is 24.0. The molecule has 0 radical (unpaired) electrons. The summed E-state index contributed by atoms with van der Waals surface area (Å²) in [6.07, 6.45) is 3.70. The second-order valence-corrected chi connectivity index (χ2v) is 10.0. The summed E-state index contributed by atoms with van der Waals surface area (Å²) in [7, 11) is -4.21. The van der Waals surface area contributed by atoms with Crippen molar-refractivity contribution in [2.24, 2.45) is 5.92 Å². The first-order chi connectivity index (χ1) is 16.2. The number of aryl methyl sites for hydroxylation is 1. The Morgan fingerprint density at radius 1 is 1.09 bits per heavy atom. The van der Waals surface area contributed by atoms with Crippen molar-refractivity contribution in [2.45, 2.75) is 31.2 Å². The van der Waals surface area contributed by atoms with E-state index in [4.69, 9.17) is 0 Å². The van der Waals surface area contributed by atoms with Crippen molar-refractivity contribution in [3.05, 3.63) is 77.6 Å². The highest BCUT2D eigenvalue weighted by Gasteiger charge is 2.33. The van der Waals surface area contributed by atoms with Crippen molar-refractivity contribution < 1.29 is 26.4 Å². The van der Waals surface area contributed by atoms with Gasteiger partial charge in [-0.3, -0.25) is 4.79 Å². The summed E-state index contributed by atoms with van der Waals surface area (Å²) in [5, 5.41) is 2.76. The van der Waals surface area contributed by atoms with Crippen LogP contribution in [0.2, 0.25) is 0 Å². The number of halogens is 3. The maximum Gasteiger partial charge on any atom is 0.246 e. The average Bonchev–Trinajstić information content (AvgIpc) is 3.24. The number of sulfonamides is 1. The highest BCUT2D eigenvalue weighted by molar-refractivity contribution is 7.89. The molecule has 0 atom stereocenters. The van der Waals surface area contributed by atoms with Gasteiger partial charge in [0.2, 0.25) is 15.9 Å². The van der Waals surface area contributed by atoms with Crippen LogP contribution in [0, 0.1) is 30.3 Å². The standard InChI is InChI=1S/C23H23F3N4O3S/c1-15-27-8-11-30(15)21-5-2-16(12-20(21)26)14-28-23(31)17-6-9-29(10-7-17)34(32,33)22-13-18(24)3-4-19(22)25/h2-5,8,11-13,17H,6-7,9-10,14H2,1H3,(H,28,31). The molecule has 1 saturated heterocycles. The minimum atomic E-state index is -4.21. The number of aromatic nitrogens is 2. The SMILES string of the molecule is Cc1nccn1-c1ccc(CNC(=O)C2CCN(S(=O)(=O)c3cc(F)ccc3F)CC2)cc1F. The molecular weight excluding hydrogens is 469 g/mol. The quantitative estimate of drug-likeness (QED) is 0.572. The molecule has 34 heavy (non-hydrogen) atoms. The number of nitrogens with one attached hydrogen (secondary N) is 1. The number of benzene rings is 2. The normalized spacial score (nSPS) is 15.4. The molecule has 7 nitrogen and oxygen atoms in total. The number of hydrogen-bond acceptors (Lipinski definition) is 4. The zero-order valence-electron chi connectivity index (χ0n) is 18.3. The van der Waals surface area contributed by atoms with Crippen LogP contribution in [0.4, 0.5) is 13.2 Å². The number of carbonyl (C=O) groups excluding carboxylic acids is 1. The van der Waals surface area contributed by atoms with E-state index in [0.717, 1.165) is 16.4 Å². The third-order valence-corrected chi connectivity index (χ3v) is 7.81. The van der Waals surface area contributed by atoms with Crippen LogP contribution in [0.15, 0.2) is 53.7 Å². The summed E-state index contributed by atoms with van der Waals surface area (Å²) in [5.74, 6) is -2.39. The van der Waals surface area contributed by atoms with Gasteiger partial charge in [-0.1, -0.05) is 6.07 Å². The van der Waals surface area contributed by atoms with Gasteiger partial charge in [-0.05, 0) is 55.7 Å². The molecule has 4 rings (SSSR count). The predicted molar refractivity (Wildman–Crippen MR) is 118 cm³/mol. The van der Waals surface area contributed by atoms with Gasteiger partial charge in [-0.15, -0.1) is 0 Å². The van der Waals surface area contributed by atoms with Gasteiger partial charge in [0.05, 0.1) is 5.69 Å². The Balaban J connectivity index is 1.34. The third kappa shape index (κ3) is 4.85. The first-order valence-corrected chi connectivity index (χ1v) is 12.1. The summed E-state index contributed by atoms with van der Waals surface area (Å²) in [4.78, 5) is 15.9. The van der Waals surface area contributed by atoms with Gasteiger partial charge in [-0.2, -0.15) is 4.31 Å². The third-order valence-electron chi connectivity index (χ3n) is 5.90. The molecule has 1 N–H and O–H groups in total. The predicted octanol–water partition coefficient (Wildman–Crippen LogP) is 3.32. The van der Waals surface area contributed by atoms with Crippen LogP contribution in [0.5, 0.6) is 0 Å². The number of rotatable bonds is 6. The zero-order chi connectivity index (χ0) is 24.5. The highest BCUT2D eigenvalue weighted by atomic mass is 32.2. The topological polar surface area (TPSA) is 84.3 Å². The van der Waals surface area contributed by atoms with Crippen LogP contribution in [0.3, 0.4) is 0 Å². The molecular formula is C23H23F3N4O3S. The lowest BCUT2D eigenvalue weighted by Gasteiger charge is -2.30. The number of piperidine rings is 1. The molecule has 0 saturated carbocycles. The Morgan fingerprint density at radius 3 is 2.47 bits per heavy atom. The van der Waals surface area contributed by atoms with Crippen molar-refractivity contribution in [2.75, 3.05) is 13.1 Å². The van der Waals surface area contributed by atoms with E-state index in [2.05, 4.69) is 10.3 Å². The summed E-state index contributed by atoms with van der Waals surface area (Å²) in [5.41, 5.74) is 0.933. The number of amides is 1. The minimum absolute atomic E-state index is 0.00392. The van der Waals surface area contributed by atoms with Crippen LogP contribution < -0.4 is 5.32 Å². The van der Waals surface area contributed by atoms with Crippen molar-refractivity contribution >= 4 is 15.9 Å². The molecule has 1 aliphatic heterocycles. The Labute approximate surface area is 195 Å². The van der Waals surface area contributed by atoms with E-state index in [0.29, 0.717) is 23.1 Å². The second kappa shape index (κ2) is 9.59. The zero-order valence-corrected chi connectivity index (χ0v) is 19.2. The Hall–Kier alpha value is -3.18. The van der Waals surface area contributed by atoms with Crippen LogP contribution in [-0.2, 0) is 21.4 Å². The van der Waals surface area contributed by atoms with Gasteiger partial charge in [0.1, 0.15) is 28.2 Å². The van der Waals surface area contributed by atoms with Crippen LogP contribution >= 0.6 is 0 Å². The second-order valence-electron chi connectivity index (χ2n) is 8.10. The highest BCUT2D eigenvalue weighted by Crippen LogP contribution is 2.26. The Morgan fingerprint density at radius 2 is 1.82 bits per heavy atom. The molecule has 1 amide bonds. The average molecular weight is 493 g/mol. The fourth-order valence-electron chi connectivity index (χ4n) is 3.99. The molecule has 2 aromatic carbocycles. The number of nitrogens with zero attached hydrogens (tertiary/aromatic N) is 3. The maximum atomic E-state index is 14.5. The lowest BCUT2D eigenvalue weighted by molar-refractivity contribution is -0.126. The number of imidazole rings is 1. The van der Waals surface area contributed by atoms with Crippen molar-refractivity contribution in [1.82, 2.24) is 19.2 Å². The summed E-state index contributed by atoms with van der Waals surface area (Å²) in [6.45, 7) is 1.89. The molecule has 2 heterocycles. The molecule has 1 aliphatic rings. The molecule has 0 bridgehead atoms. The molecule has 0 unspecified atom stereocenters. The van der Waals surface area contributed by atoms with Crippen molar-refractivity contribution in [1.29, 1.82) is 0 Å². The van der Waals surface area contributed by atoms with Gasteiger partial charge in [0, 0.05) is 37.9 Å². The molecule has 3 aromatic rings. The summed E-state index contributed by atoms with van der Waals surface area (Å²) in [6, 6.07) is 6.94. The lowest BCUT2D eigenvalue weighted by atomic mass is 9.97. The van der Waals surface area contributed by atoms with Gasteiger partial charge in [-0.25, -0.2) is 26.6 Å². The first-order valence-electron chi connectivity index (χ1n) is 10.7. The van der Waals surface area contributed by atoms with Gasteiger partial charge in [0.15, 0.2) is 0 Å². The van der Waals surface area contributed by atoms with E-state index in [-0.39, 0.29) is 38.4 Å². The Bertz CT molecular complexity index is 1320. The lowest BCUT2D eigenvalue weighted by Crippen LogP contribution is -2.43. The van der Waals surface area contributed by atoms with Crippen molar-refractivity contribution in [3.8, 4) is 5.69 Å². The number of carbonyl (C=O) groups is 1. The molecule has 0 spiro atoms. The number of hydrogen-bond donors (Lipinski definition) is 1. The minimum Gasteiger partial charge on any atom is -0.352 e. The van der Waals surface area contributed by atoms with E-state index < -0.39 is 38.3 Å². The van der Waals surface area contributed by atoms with Crippen LogP contribution in [-0.4, -0.2) is 41.3 Å². The monoisotopic (exact) mass is 492 g/mol. The van der Waals surface area contributed by atoms with Gasteiger partial charge < -0.3 is 9.88 Å². The molecule has 11 heteroatoms. The molecule has 1 fully saturated rings.